The van der Waals surface area contributed by atoms with E-state index in [-0.39, 0.29) is 11.8 Å². The maximum absolute atomic E-state index is 11.5. The highest BCUT2D eigenvalue weighted by molar-refractivity contribution is 7.80. The summed E-state index contributed by atoms with van der Waals surface area (Å²) in [7, 11) is 0. The number of non-ortho nitro benzene ring substituents is 1. The Balaban J connectivity index is 2.80. The van der Waals surface area contributed by atoms with Gasteiger partial charge in [-0.05, 0) is 26.0 Å². The van der Waals surface area contributed by atoms with E-state index in [9.17, 15) is 14.3 Å². The molecule has 0 amide bonds. The predicted molar refractivity (Wildman–Crippen MR) is 55.7 cm³/mol. The lowest BCUT2D eigenvalue weighted by Gasteiger charge is -2.05. The van der Waals surface area contributed by atoms with E-state index in [0.29, 0.717) is 4.90 Å². The Bertz CT molecular complexity index is 374. The third-order valence-corrected chi connectivity index (χ3v) is 2.74. The number of nitro benzene ring substituents is 1. The van der Waals surface area contributed by atoms with Gasteiger partial charge in [0.2, 0.25) is 0 Å². The van der Waals surface area contributed by atoms with Crippen molar-refractivity contribution >= 4 is 16.8 Å². The van der Waals surface area contributed by atoms with Crippen molar-refractivity contribution in [3.63, 3.8) is 0 Å². The van der Waals surface area contributed by atoms with Crippen molar-refractivity contribution in [2.24, 2.45) is 0 Å². The lowest BCUT2D eigenvalue weighted by molar-refractivity contribution is -0.384. The Morgan fingerprint density at radius 1 is 1.33 bits per heavy atom. The van der Waals surface area contributed by atoms with Crippen LogP contribution in [0.1, 0.15) is 13.8 Å². The van der Waals surface area contributed by atoms with Crippen LogP contribution in [-0.2, 0) is 15.3 Å². The highest BCUT2D eigenvalue weighted by Gasteiger charge is 2.09. The van der Waals surface area contributed by atoms with Crippen LogP contribution < -0.4 is 0 Å². The molecule has 0 aliphatic heterocycles. The summed E-state index contributed by atoms with van der Waals surface area (Å²) in [5.74, 6) is 0. The highest BCUT2D eigenvalue weighted by atomic mass is 32.2. The molecule has 0 saturated heterocycles. The molecular formula is C9H11NO4S. The molecule has 0 aromatic heterocycles. The quantitative estimate of drug-likeness (QED) is 0.585. The Hall–Kier alpha value is -1.27. The van der Waals surface area contributed by atoms with Crippen molar-refractivity contribution in [3.05, 3.63) is 34.4 Å². The molecule has 1 aromatic carbocycles. The van der Waals surface area contributed by atoms with E-state index in [1.54, 1.807) is 13.8 Å². The molecular weight excluding hydrogens is 218 g/mol. The topological polar surface area (TPSA) is 69.4 Å². The van der Waals surface area contributed by atoms with Gasteiger partial charge in [-0.15, -0.1) is 0 Å². The second-order valence-electron chi connectivity index (χ2n) is 3.13. The van der Waals surface area contributed by atoms with Gasteiger partial charge in [0.1, 0.15) is 0 Å². The molecule has 1 aromatic rings. The van der Waals surface area contributed by atoms with Crippen LogP contribution in [0.3, 0.4) is 0 Å². The Morgan fingerprint density at radius 2 is 1.87 bits per heavy atom. The molecule has 0 saturated carbocycles. The Morgan fingerprint density at radius 3 is 2.27 bits per heavy atom. The maximum atomic E-state index is 11.5. The van der Waals surface area contributed by atoms with E-state index >= 15 is 0 Å². The van der Waals surface area contributed by atoms with E-state index in [1.165, 1.54) is 24.3 Å². The van der Waals surface area contributed by atoms with Gasteiger partial charge >= 0.3 is 0 Å². The molecule has 6 heteroatoms. The van der Waals surface area contributed by atoms with E-state index < -0.39 is 16.0 Å². The fourth-order valence-corrected chi connectivity index (χ4v) is 1.73. The fourth-order valence-electron chi connectivity index (χ4n) is 0.909. The fraction of sp³-hybridized carbons (Fsp3) is 0.333. The molecule has 5 nitrogen and oxygen atoms in total. The summed E-state index contributed by atoms with van der Waals surface area (Å²) >= 11 is -1.56. The van der Waals surface area contributed by atoms with Crippen LogP contribution >= 0.6 is 0 Å². The largest absolute Gasteiger partial charge is 0.284 e. The zero-order valence-electron chi connectivity index (χ0n) is 8.38. The summed E-state index contributed by atoms with van der Waals surface area (Å²) in [4.78, 5) is 10.3. The monoisotopic (exact) mass is 229 g/mol. The molecule has 0 N–H and O–H groups in total. The van der Waals surface area contributed by atoms with Gasteiger partial charge in [0.25, 0.3) is 5.69 Å². The number of hydrogen-bond donors (Lipinski definition) is 0. The molecule has 1 atom stereocenters. The molecule has 0 aliphatic rings. The summed E-state index contributed by atoms with van der Waals surface area (Å²) in [6, 6.07) is 5.46. The molecule has 1 rings (SSSR count). The van der Waals surface area contributed by atoms with Crippen molar-refractivity contribution in [2.45, 2.75) is 24.8 Å². The normalized spacial score (nSPS) is 12.7. The number of benzene rings is 1. The van der Waals surface area contributed by atoms with Crippen LogP contribution in [0.15, 0.2) is 29.2 Å². The zero-order chi connectivity index (χ0) is 11.4. The Kier molecular flexibility index (Phi) is 3.93. The minimum atomic E-state index is -1.56. The van der Waals surface area contributed by atoms with Crippen LogP contribution in [0.4, 0.5) is 5.69 Å². The first-order valence-electron chi connectivity index (χ1n) is 4.34. The molecule has 0 radical (unpaired) electrons. The molecule has 1 unspecified atom stereocenters. The van der Waals surface area contributed by atoms with Gasteiger partial charge in [-0.2, -0.15) is 0 Å². The van der Waals surface area contributed by atoms with E-state index in [2.05, 4.69) is 0 Å². The number of rotatable bonds is 4. The second kappa shape index (κ2) is 4.99. The number of nitro groups is 1. The van der Waals surface area contributed by atoms with Crippen molar-refractivity contribution in [3.8, 4) is 0 Å². The summed E-state index contributed by atoms with van der Waals surface area (Å²) in [5.41, 5.74) is -0.0275. The van der Waals surface area contributed by atoms with Crippen LogP contribution in [0.5, 0.6) is 0 Å². The minimum Gasteiger partial charge on any atom is -0.284 e. The average molecular weight is 229 g/mol. The summed E-state index contributed by atoms with van der Waals surface area (Å²) in [6.07, 6.45) is -0.152. The first kappa shape index (κ1) is 11.8. The average Bonchev–Trinajstić information content (AvgIpc) is 2.17. The predicted octanol–water partition coefficient (Wildman–Crippen LogP) is 2.04. The first-order chi connectivity index (χ1) is 7.00. The van der Waals surface area contributed by atoms with Crippen LogP contribution in [0.2, 0.25) is 0 Å². The van der Waals surface area contributed by atoms with Gasteiger partial charge in [0, 0.05) is 12.1 Å². The van der Waals surface area contributed by atoms with Gasteiger partial charge in [0.05, 0.1) is 15.9 Å². The maximum Gasteiger partial charge on any atom is 0.269 e. The van der Waals surface area contributed by atoms with E-state index in [1.807, 2.05) is 0 Å². The standard InChI is InChI=1S/C9H11NO4S/c1-7(2)14-15(13)9-5-3-8(4-6-9)10(11)12/h3-7H,1-2H3. The lowest BCUT2D eigenvalue weighted by atomic mass is 10.3. The molecule has 82 valence electrons. The molecule has 15 heavy (non-hydrogen) atoms. The number of nitrogens with zero attached hydrogens (tertiary/aromatic N) is 1. The first-order valence-corrected chi connectivity index (χ1v) is 5.41. The van der Waals surface area contributed by atoms with Gasteiger partial charge < -0.3 is 0 Å². The van der Waals surface area contributed by atoms with Crippen LogP contribution in [0.25, 0.3) is 0 Å². The third kappa shape index (κ3) is 3.41. The van der Waals surface area contributed by atoms with Crippen molar-refractivity contribution in [1.29, 1.82) is 0 Å². The van der Waals surface area contributed by atoms with Crippen molar-refractivity contribution in [1.82, 2.24) is 0 Å². The molecule has 0 fully saturated rings. The summed E-state index contributed by atoms with van der Waals surface area (Å²) < 4.78 is 16.5. The van der Waals surface area contributed by atoms with Gasteiger partial charge in [-0.1, -0.05) is 0 Å². The molecule has 0 bridgehead atoms. The lowest BCUT2D eigenvalue weighted by Crippen LogP contribution is -2.05. The second-order valence-corrected chi connectivity index (χ2v) is 4.26. The molecule has 0 spiro atoms. The van der Waals surface area contributed by atoms with Gasteiger partial charge in [0.15, 0.2) is 11.1 Å². The highest BCUT2D eigenvalue weighted by Crippen LogP contribution is 2.15. The molecule has 0 aliphatic carbocycles. The molecule has 0 heterocycles. The smallest absolute Gasteiger partial charge is 0.269 e. The van der Waals surface area contributed by atoms with Crippen molar-refractivity contribution in [2.75, 3.05) is 0 Å². The van der Waals surface area contributed by atoms with E-state index in [0.717, 1.165) is 0 Å². The van der Waals surface area contributed by atoms with Crippen LogP contribution in [0, 0.1) is 10.1 Å². The Labute approximate surface area is 89.9 Å². The third-order valence-electron chi connectivity index (χ3n) is 1.52. The zero-order valence-corrected chi connectivity index (χ0v) is 9.19. The van der Waals surface area contributed by atoms with Gasteiger partial charge in [-0.3, -0.25) is 14.3 Å². The SMILES string of the molecule is CC(C)OS(=O)c1ccc([N+](=O)[O-])cc1. The summed E-state index contributed by atoms with van der Waals surface area (Å²) in [6.45, 7) is 3.53. The van der Waals surface area contributed by atoms with Crippen molar-refractivity contribution < 1.29 is 13.3 Å². The van der Waals surface area contributed by atoms with Crippen LogP contribution in [-0.4, -0.2) is 15.2 Å². The van der Waals surface area contributed by atoms with Gasteiger partial charge in [-0.25, -0.2) is 4.21 Å². The number of hydrogen-bond acceptors (Lipinski definition) is 4. The van der Waals surface area contributed by atoms with E-state index in [4.69, 9.17) is 4.18 Å². The minimum absolute atomic E-state index is 0.0275. The summed E-state index contributed by atoms with van der Waals surface area (Å²) in [5, 5.41) is 10.4.